The van der Waals surface area contributed by atoms with Gasteiger partial charge in [-0.3, -0.25) is 0 Å². The van der Waals surface area contributed by atoms with Crippen molar-refractivity contribution < 1.29 is 140 Å². The summed E-state index contributed by atoms with van der Waals surface area (Å²) in [6.07, 6.45) is 0. The van der Waals surface area contributed by atoms with Crippen molar-refractivity contribution in [1.29, 1.82) is 0 Å². The van der Waals surface area contributed by atoms with Crippen LogP contribution >= 0.6 is 0 Å². The Bertz CT molecular complexity index is 1420. The topological polar surface area (TPSA) is 55.3 Å². The van der Waals surface area contributed by atoms with Gasteiger partial charge in [-0.25, -0.2) is 65.9 Å². The number of hydrogen-bond donors (Lipinski definition) is 0. The van der Waals surface area contributed by atoms with E-state index in [0.29, 0.717) is 0 Å². The van der Waals surface area contributed by atoms with Crippen LogP contribution in [-0.2, 0) is 4.65 Å². The Kier molecular flexibility index (Phi) is 12.3. The molecule has 0 atom stereocenters. The Labute approximate surface area is 261 Å². The zero-order valence-electron chi connectivity index (χ0n) is 19.5. The molecule has 3 aromatic rings. The first-order valence-electron chi connectivity index (χ1n) is 9.25. The standard InChI is InChI=1S/C20BF15O3.2Na/c22-5-2(6(23)12(29)17(34)11(5)28)1(3-7(24)13(30)18(35)14(31)8(3)25)20(39-21(37)38)4-9(26)15(32)19(36)16(33)10(4)27;;/q-2;2*+1. The Hall–Kier alpha value is -1.87. The first kappa shape index (κ1) is 37.2. The summed E-state index contributed by atoms with van der Waals surface area (Å²) in [7, 11) is -4.15. The molecule has 0 spiro atoms. The smallest absolute Gasteiger partial charge is 0.860 e. The van der Waals surface area contributed by atoms with Crippen molar-refractivity contribution in [2.45, 2.75) is 0 Å². The summed E-state index contributed by atoms with van der Waals surface area (Å²) in [5.74, 6) is -49.7. The molecule has 0 heterocycles. The average molecular weight is 630 g/mol. The van der Waals surface area contributed by atoms with Crippen molar-refractivity contribution in [3.63, 3.8) is 0 Å². The second-order valence-electron chi connectivity index (χ2n) is 6.95. The maximum atomic E-state index is 14.7. The summed E-state index contributed by atoms with van der Waals surface area (Å²) in [6, 6.07) is 0. The van der Waals surface area contributed by atoms with Crippen LogP contribution in [0.15, 0.2) is 0 Å². The summed E-state index contributed by atoms with van der Waals surface area (Å²) >= 11 is 0. The van der Waals surface area contributed by atoms with Crippen molar-refractivity contribution in [3.05, 3.63) is 104 Å². The SMILES string of the molecule is [Na+].[Na+].[O-]B([O-])OC(=C(c1c(F)c(F)c(F)c(F)c1F)c1c(F)c(F)c(F)c(F)c1F)c1c(F)c(F)c(F)c(F)c1F. The first-order valence-corrected chi connectivity index (χ1v) is 9.25. The van der Waals surface area contributed by atoms with E-state index in [4.69, 9.17) is 0 Å². The molecule has 0 aliphatic heterocycles. The van der Waals surface area contributed by atoms with E-state index in [1.165, 1.54) is 0 Å². The van der Waals surface area contributed by atoms with Gasteiger partial charge in [0.25, 0.3) is 0 Å². The molecule has 0 aliphatic rings. The van der Waals surface area contributed by atoms with Crippen LogP contribution in [0.25, 0.3) is 11.3 Å². The fourth-order valence-electron chi connectivity index (χ4n) is 3.14. The summed E-state index contributed by atoms with van der Waals surface area (Å²) in [5, 5.41) is 22.3. The molecule has 0 radical (unpaired) electrons. The van der Waals surface area contributed by atoms with Gasteiger partial charge < -0.3 is 14.7 Å². The van der Waals surface area contributed by atoms with E-state index in [0.717, 1.165) is 0 Å². The molecule has 0 saturated heterocycles. The minimum Gasteiger partial charge on any atom is -0.860 e. The van der Waals surface area contributed by atoms with Crippen LogP contribution in [-0.4, -0.2) is 7.32 Å². The molecule has 0 bridgehead atoms. The van der Waals surface area contributed by atoms with Gasteiger partial charge in [-0.1, -0.05) is 0 Å². The molecule has 208 valence electrons. The molecule has 3 nitrogen and oxygen atoms in total. The van der Waals surface area contributed by atoms with E-state index in [1.54, 1.807) is 0 Å². The number of hydrogen-bond acceptors (Lipinski definition) is 3. The molecular formula is C20BF15Na2O3. The minimum absolute atomic E-state index is 0. The maximum Gasteiger partial charge on any atom is 1.00 e. The Balaban J connectivity index is 0.00000420. The van der Waals surface area contributed by atoms with Gasteiger partial charge in [0.05, 0.1) is 16.7 Å². The molecule has 0 fully saturated rings. The van der Waals surface area contributed by atoms with E-state index in [1.807, 2.05) is 0 Å². The van der Waals surface area contributed by atoms with E-state index in [2.05, 4.69) is 4.65 Å². The largest absolute Gasteiger partial charge is 1.00 e. The van der Waals surface area contributed by atoms with E-state index in [-0.39, 0.29) is 59.1 Å². The zero-order valence-corrected chi connectivity index (χ0v) is 23.5. The Morgan fingerprint density at radius 1 is 0.366 bits per heavy atom. The quantitative estimate of drug-likeness (QED) is 0.0856. The van der Waals surface area contributed by atoms with Gasteiger partial charge in [-0.05, 0) is 0 Å². The van der Waals surface area contributed by atoms with Crippen molar-refractivity contribution in [2.75, 3.05) is 0 Å². The van der Waals surface area contributed by atoms with Gasteiger partial charge >= 0.3 is 59.1 Å². The van der Waals surface area contributed by atoms with Crippen LogP contribution in [0.4, 0.5) is 65.9 Å². The first-order chi connectivity index (χ1) is 18.0. The van der Waals surface area contributed by atoms with Crippen LogP contribution < -0.4 is 69.2 Å². The third-order valence-electron chi connectivity index (χ3n) is 4.80. The van der Waals surface area contributed by atoms with Gasteiger partial charge in [-0.2, -0.15) is 0 Å². The predicted octanol–water partition coefficient (Wildman–Crippen LogP) is -1.58. The summed E-state index contributed by atoms with van der Waals surface area (Å²) < 4.78 is 215. The molecule has 3 rings (SSSR count). The molecular weight excluding hydrogens is 630 g/mol. The molecule has 21 heteroatoms. The monoisotopic (exact) mass is 630 g/mol. The summed E-state index contributed by atoms with van der Waals surface area (Å²) in [4.78, 5) is 0. The van der Waals surface area contributed by atoms with Crippen molar-refractivity contribution >= 4 is 18.7 Å². The molecule has 0 unspecified atom stereocenters. The fourth-order valence-corrected chi connectivity index (χ4v) is 3.14. The van der Waals surface area contributed by atoms with Crippen LogP contribution in [0.1, 0.15) is 16.7 Å². The molecule has 0 amide bonds. The van der Waals surface area contributed by atoms with Crippen molar-refractivity contribution in [3.8, 4) is 0 Å². The third-order valence-corrected chi connectivity index (χ3v) is 4.80. The fraction of sp³-hybridized carbons (Fsp3) is 0. The van der Waals surface area contributed by atoms with Gasteiger partial charge in [0.2, 0.25) is 17.5 Å². The van der Waals surface area contributed by atoms with E-state index in [9.17, 15) is 75.9 Å². The number of halogens is 15. The van der Waals surface area contributed by atoms with E-state index < -0.39 is 123 Å². The second-order valence-corrected chi connectivity index (χ2v) is 6.95. The van der Waals surface area contributed by atoms with Gasteiger partial charge in [0, 0.05) is 5.57 Å². The molecule has 0 aliphatic carbocycles. The van der Waals surface area contributed by atoms with Crippen LogP contribution in [0.5, 0.6) is 0 Å². The van der Waals surface area contributed by atoms with Crippen molar-refractivity contribution in [2.24, 2.45) is 0 Å². The molecule has 0 saturated carbocycles. The number of benzene rings is 3. The zero-order chi connectivity index (χ0) is 29.8. The second kappa shape index (κ2) is 13.6. The molecule has 41 heavy (non-hydrogen) atoms. The molecule has 0 aromatic heterocycles. The van der Waals surface area contributed by atoms with Gasteiger partial charge in [-0.15, -0.1) is 0 Å². The maximum absolute atomic E-state index is 14.7. The van der Waals surface area contributed by atoms with Crippen molar-refractivity contribution in [1.82, 2.24) is 0 Å². The minimum atomic E-state index is -4.15. The Morgan fingerprint density at radius 2 is 0.561 bits per heavy atom. The summed E-state index contributed by atoms with van der Waals surface area (Å²) in [5.41, 5.74) is -11.5. The molecule has 3 aromatic carbocycles. The van der Waals surface area contributed by atoms with Crippen LogP contribution in [0.3, 0.4) is 0 Å². The van der Waals surface area contributed by atoms with Gasteiger partial charge in [0.1, 0.15) is 13.1 Å². The number of rotatable bonds is 5. The van der Waals surface area contributed by atoms with Gasteiger partial charge in [0.15, 0.2) is 69.8 Å². The van der Waals surface area contributed by atoms with Crippen LogP contribution in [0.2, 0.25) is 0 Å². The van der Waals surface area contributed by atoms with Crippen LogP contribution in [0, 0.1) is 87.3 Å². The van der Waals surface area contributed by atoms with E-state index >= 15 is 0 Å². The molecule has 0 N–H and O–H groups in total. The Morgan fingerprint density at radius 3 is 0.780 bits per heavy atom. The average Bonchev–Trinajstić information content (AvgIpc) is 2.89. The summed E-state index contributed by atoms with van der Waals surface area (Å²) in [6.45, 7) is 0. The third kappa shape index (κ3) is 6.13. The normalized spacial score (nSPS) is 10.7. The predicted molar refractivity (Wildman–Crippen MR) is 91.5 cm³/mol.